The van der Waals surface area contributed by atoms with Crippen LogP contribution in [0.3, 0.4) is 0 Å². The van der Waals surface area contributed by atoms with Crippen LogP contribution in [0.15, 0.2) is 5.38 Å². The Balaban J connectivity index is 2.41. The van der Waals surface area contributed by atoms with Crippen molar-refractivity contribution >= 4 is 22.9 Å². The SMILES string of the molecule is CCCC(C)Oc1nc(Cl)cs1. The van der Waals surface area contributed by atoms with E-state index >= 15 is 0 Å². The predicted octanol–water partition coefficient (Wildman–Crippen LogP) is 3.36. The van der Waals surface area contributed by atoms with Gasteiger partial charge in [-0.05, 0) is 13.3 Å². The smallest absolute Gasteiger partial charge is 0.274 e. The van der Waals surface area contributed by atoms with E-state index in [0.29, 0.717) is 10.3 Å². The number of halogens is 1. The molecular formula is C8H12ClNOS. The number of hydrogen-bond acceptors (Lipinski definition) is 3. The van der Waals surface area contributed by atoms with E-state index in [9.17, 15) is 0 Å². The molecule has 0 N–H and O–H groups in total. The highest BCUT2D eigenvalue weighted by atomic mass is 35.5. The van der Waals surface area contributed by atoms with E-state index in [0.717, 1.165) is 12.8 Å². The topological polar surface area (TPSA) is 22.1 Å². The zero-order valence-electron chi connectivity index (χ0n) is 7.21. The molecule has 4 heteroatoms. The summed E-state index contributed by atoms with van der Waals surface area (Å²) in [6, 6.07) is 0. The van der Waals surface area contributed by atoms with Crippen molar-refractivity contribution in [1.29, 1.82) is 0 Å². The van der Waals surface area contributed by atoms with Crippen molar-refractivity contribution in [2.75, 3.05) is 0 Å². The third kappa shape index (κ3) is 2.99. The number of thiazole rings is 1. The summed E-state index contributed by atoms with van der Waals surface area (Å²) in [6.07, 6.45) is 2.41. The first-order chi connectivity index (χ1) is 5.72. The zero-order valence-corrected chi connectivity index (χ0v) is 8.78. The van der Waals surface area contributed by atoms with E-state index < -0.39 is 0 Å². The maximum Gasteiger partial charge on any atom is 0.274 e. The monoisotopic (exact) mass is 205 g/mol. The molecule has 2 nitrogen and oxygen atoms in total. The maximum absolute atomic E-state index is 5.64. The van der Waals surface area contributed by atoms with Gasteiger partial charge in [-0.1, -0.05) is 36.3 Å². The molecule has 0 radical (unpaired) electrons. The summed E-state index contributed by atoms with van der Waals surface area (Å²) in [4.78, 5) is 3.99. The second-order valence-electron chi connectivity index (χ2n) is 2.65. The minimum absolute atomic E-state index is 0.234. The van der Waals surface area contributed by atoms with Crippen molar-refractivity contribution in [2.24, 2.45) is 0 Å². The van der Waals surface area contributed by atoms with Gasteiger partial charge in [-0.2, -0.15) is 4.98 Å². The standard InChI is InChI=1S/C8H12ClNOS/c1-3-4-6(2)11-8-10-7(9)5-12-8/h5-6H,3-4H2,1-2H3. The zero-order chi connectivity index (χ0) is 8.97. The lowest BCUT2D eigenvalue weighted by Gasteiger charge is -2.09. The molecule has 0 spiro atoms. The first-order valence-corrected chi connectivity index (χ1v) is 5.25. The minimum atomic E-state index is 0.234. The van der Waals surface area contributed by atoms with E-state index in [4.69, 9.17) is 16.3 Å². The molecule has 68 valence electrons. The van der Waals surface area contributed by atoms with Crippen molar-refractivity contribution < 1.29 is 4.74 Å². The Hall–Kier alpha value is -0.280. The average molecular weight is 206 g/mol. The summed E-state index contributed by atoms with van der Waals surface area (Å²) >= 11 is 7.08. The summed E-state index contributed by atoms with van der Waals surface area (Å²) < 4.78 is 5.50. The van der Waals surface area contributed by atoms with Gasteiger partial charge in [0, 0.05) is 5.38 Å². The third-order valence-electron chi connectivity index (χ3n) is 1.45. The van der Waals surface area contributed by atoms with E-state index in [-0.39, 0.29) is 6.10 Å². The minimum Gasteiger partial charge on any atom is -0.467 e. The summed E-state index contributed by atoms with van der Waals surface area (Å²) in [5.74, 6) is 0. The van der Waals surface area contributed by atoms with Crippen molar-refractivity contribution in [3.8, 4) is 5.19 Å². The molecule has 0 aliphatic carbocycles. The Kier molecular flexibility index (Phi) is 3.82. The van der Waals surface area contributed by atoms with Crippen molar-refractivity contribution in [1.82, 2.24) is 4.98 Å². The molecule has 0 saturated heterocycles. The van der Waals surface area contributed by atoms with Gasteiger partial charge in [-0.15, -0.1) is 0 Å². The van der Waals surface area contributed by atoms with Crippen LogP contribution in [0.1, 0.15) is 26.7 Å². The fraction of sp³-hybridized carbons (Fsp3) is 0.625. The Morgan fingerprint density at radius 2 is 2.50 bits per heavy atom. The van der Waals surface area contributed by atoms with Gasteiger partial charge in [0.25, 0.3) is 5.19 Å². The number of hydrogen-bond donors (Lipinski definition) is 0. The largest absolute Gasteiger partial charge is 0.467 e. The lowest BCUT2D eigenvalue weighted by molar-refractivity contribution is 0.209. The molecule has 1 aromatic rings. The highest BCUT2D eigenvalue weighted by molar-refractivity contribution is 7.11. The molecule has 0 aromatic carbocycles. The Labute approximate surface area is 81.5 Å². The molecule has 0 bridgehead atoms. The molecule has 1 heterocycles. The Morgan fingerprint density at radius 3 is 3.00 bits per heavy atom. The highest BCUT2D eigenvalue weighted by Crippen LogP contribution is 2.22. The fourth-order valence-corrected chi connectivity index (χ4v) is 1.81. The quantitative estimate of drug-likeness (QED) is 0.752. The number of rotatable bonds is 4. The van der Waals surface area contributed by atoms with E-state index in [2.05, 4.69) is 11.9 Å². The van der Waals surface area contributed by atoms with Crippen molar-refractivity contribution in [3.63, 3.8) is 0 Å². The summed E-state index contributed by atoms with van der Waals surface area (Å²) in [5.41, 5.74) is 0. The van der Waals surface area contributed by atoms with Crippen molar-refractivity contribution in [3.05, 3.63) is 10.5 Å². The number of ether oxygens (including phenoxy) is 1. The number of aromatic nitrogens is 1. The summed E-state index contributed by atoms with van der Waals surface area (Å²) in [7, 11) is 0. The number of nitrogens with zero attached hydrogens (tertiary/aromatic N) is 1. The van der Waals surface area contributed by atoms with Crippen LogP contribution in [-0.2, 0) is 0 Å². The third-order valence-corrected chi connectivity index (χ3v) is 2.51. The maximum atomic E-state index is 5.64. The molecular weight excluding hydrogens is 194 g/mol. The first-order valence-electron chi connectivity index (χ1n) is 4.00. The molecule has 0 aliphatic heterocycles. The molecule has 1 unspecified atom stereocenters. The molecule has 1 atom stereocenters. The van der Waals surface area contributed by atoms with Gasteiger partial charge in [0.1, 0.15) is 5.15 Å². The molecule has 0 saturated carbocycles. The van der Waals surface area contributed by atoms with E-state index in [1.54, 1.807) is 5.38 Å². The molecule has 1 rings (SSSR count). The Morgan fingerprint density at radius 1 is 1.75 bits per heavy atom. The van der Waals surface area contributed by atoms with E-state index in [1.807, 2.05) is 6.92 Å². The lowest BCUT2D eigenvalue weighted by atomic mass is 10.2. The van der Waals surface area contributed by atoms with Crippen LogP contribution < -0.4 is 4.74 Å². The lowest BCUT2D eigenvalue weighted by Crippen LogP contribution is -2.10. The van der Waals surface area contributed by atoms with Crippen LogP contribution >= 0.6 is 22.9 Å². The molecule has 0 aliphatic rings. The second-order valence-corrected chi connectivity index (χ2v) is 3.86. The van der Waals surface area contributed by atoms with Crippen LogP contribution in [0.4, 0.5) is 0 Å². The van der Waals surface area contributed by atoms with Crippen LogP contribution in [0, 0.1) is 0 Å². The fourth-order valence-electron chi connectivity index (χ4n) is 0.931. The second kappa shape index (κ2) is 4.67. The van der Waals surface area contributed by atoms with Gasteiger partial charge < -0.3 is 4.74 Å². The average Bonchev–Trinajstić information content (AvgIpc) is 2.36. The van der Waals surface area contributed by atoms with Gasteiger partial charge in [-0.3, -0.25) is 0 Å². The summed E-state index contributed by atoms with van der Waals surface area (Å²) in [5, 5.41) is 2.95. The summed E-state index contributed by atoms with van der Waals surface area (Å²) in [6.45, 7) is 4.17. The molecule has 12 heavy (non-hydrogen) atoms. The van der Waals surface area contributed by atoms with E-state index in [1.165, 1.54) is 11.3 Å². The Bertz CT molecular complexity index is 239. The van der Waals surface area contributed by atoms with Crippen molar-refractivity contribution in [2.45, 2.75) is 32.8 Å². The van der Waals surface area contributed by atoms with Gasteiger partial charge in [0.2, 0.25) is 0 Å². The predicted molar refractivity (Wildman–Crippen MR) is 52.1 cm³/mol. The van der Waals surface area contributed by atoms with Gasteiger partial charge in [0.05, 0.1) is 6.10 Å². The van der Waals surface area contributed by atoms with Crippen LogP contribution in [0.5, 0.6) is 5.19 Å². The highest BCUT2D eigenvalue weighted by Gasteiger charge is 2.05. The van der Waals surface area contributed by atoms with Gasteiger partial charge >= 0.3 is 0 Å². The first kappa shape index (κ1) is 9.81. The van der Waals surface area contributed by atoms with Gasteiger partial charge in [-0.25, -0.2) is 0 Å². The van der Waals surface area contributed by atoms with Crippen LogP contribution in [0.2, 0.25) is 5.15 Å². The van der Waals surface area contributed by atoms with Crippen LogP contribution in [0.25, 0.3) is 0 Å². The molecule has 1 aromatic heterocycles. The van der Waals surface area contributed by atoms with Gasteiger partial charge in [0.15, 0.2) is 0 Å². The molecule has 0 fully saturated rings. The molecule has 0 amide bonds. The van der Waals surface area contributed by atoms with Crippen LogP contribution in [-0.4, -0.2) is 11.1 Å². The normalized spacial score (nSPS) is 12.9.